The molecule has 0 radical (unpaired) electrons. The number of nitrogens with one attached hydrogen (secondary N) is 2. The van der Waals surface area contributed by atoms with Gasteiger partial charge in [-0.15, -0.1) is 35.3 Å². The lowest BCUT2D eigenvalue weighted by Crippen LogP contribution is -2.47. The first-order valence-electron chi connectivity index (χ1n) is 9.19. The largest absolute Gasteiger partial charge is 0.511 e. The van der Waals surface area contributed by atoms with E-state index in [1.54, 1.807) is 11.3 Å². The Labute approximate surface area is 190 Å². The third-order valence-corrected chi connectivity index (χ3v) is 7.19. The number of piperidine rings is 1. The average molecular weight is 569 g/mol. The van der Waals surface area contributed by atoms with Crippen LogP contribution in [0.15, 0.2) is 11.2 Å². The van der Waals surface area contributed by atoms with Crippen LogP contribution in [0.5, 0.6) is 0 Å². The number of hydrogen-bond acceptors (Lipinski definition) is 5. The topological polar surface area (TPSA) is 86.7 Å². The number of sulfonamides is 1. The monoisotopic (exact) mass is 569 g/mol. The summed E-state index contributed by atoms with van der Waals surface area (Å²) in [6, 6.07) is 0. The van der Waals surface area contributed by atoms with Crippen LogP contribution in [0.25, 0.3) is 0 Å². The van der Waals surface area contributed by atoms with Crippen LogP contribution < -0.4 is 10.6 Å². The van der Waals surface area contributed by atoms with Crippen LogP contribution >= 0.6 is 35.3 Å². The van der Waals surface area contributed by atoms with E-state index < -0.39 is 15.5 Å². The Hall–Kier alpha value is -0.670. The molecule has 2 N–H and O–H groups in total. The van der Waals surface area contributed by atoms with Crippen LogP contribution in [0.3, 0.4) is 0 Å². The zero-order valence-electron chi connectivity index (χ0n) is 16.3. The minimum Gasteiger partial charge on any atom is -0.357 e. The summed E-state index contributed by atoms with van der Waals surface area (Å²) in [5.74, 6) is 0.691. The summed E-state index contributed by atoms with van der Waals surface area (Å²) in [6.07, 6.45) is 3.52. The zero-order chi connectivity index (χ0) is 20.8. The lowest BCUT2D eigenvalue weighted by Gasteiger charge is -2.31. The third kappa shape index (κ3) is 7.51. The SMILES string of the molecule is CCNC(=NCc1ncc(CC)s1)NCC1CCN(S(=O)(=O)C(F)(F)F)CC1.I. The molecule has 1 aliphatic heterocycles. The number of aryl methyl sites for hydroxylation is 1. The smallest absolute Gasteiger partial charge is 0.357 e. The molecular formula is C16H27F3IN5O2S2. The van der Waals surface area contributed by atoms with E-state index in [0.717, 1.165) is 11.4 Å². The molecule has 0 bridgehead atoms. The number of rotatable bonds is 7. The zero-order valence-corrected chi connectivity index (χ0v) is 20.3. The summed E-state index contributed by atoms with van der Waals surface area (Å²) in [7, 11) is -5.23. The highest BCUT2D eigenvalue weighted by molar-refractivity contribution is 14.0. The molecule has 1 aromatic heterocycles. The molecule has 2 rings (SSSR count). The molecule has 0 atom stereocenters. The average Bonchev–Trinajstić information content (AvgIpc) is 3.11. The van der Waals surface area contributed by atoms with Crippen LogP contribution in [0.2, 0.25) is 0 Å². The number of halogens is 4. The minimum atomic E-state index is -5.24. The van der Waals surface area contributed by atoms with Gasteiger partial charge in [0.15, 0.2) is 5.96 Å². The van der Waals surface area contributed by atoms with Crippen molar-refractivity contribution in [1.82, 2.24) is 19.9 Å². The Kier molecular flexibility index (Phi) is 10.6. The molecule has 1 saturated heterocycles. The summed E-state index contributed by atoms with van der Waals surface area (Å²) in [4.78, 5) is 10.0. The number of nitrogens with zero attached hydrogens (tertiary/aromatic N) is 3. The molecule has 1 fully saturated rings. The molecule has 0 unspecified atom stereocenters. The number of alkyl halides is 3. The number of thiazole rings is 1. The van der Waals surface area contributed by atoms with Gasteiger partial charge in [-0.3, -0.25) is 0 Å². The van der Waals surface area contributed by atoms with E-state index in [-0.39, 0.29) is 43.0 Å². The normalized spacial score (nSPS) is 17.1. The van der Waals surface area contributed by atoms with Crippen molar-refractivity contribution in [2.45, 2.75) is 45.2 Å². The van der Waals surface area contributed by atoms with E-state index in [2.05, 4.69) is 27.5 Å². The Morgan fingerprint density at radius 2 is 1.97 bits per heavy atom. The molecule has 29 heavy (non-hydrogen) atoms. The van der Waals surface area contributed by atoms with Gasteiger partial charge in [0.1, 0.15) is 5.01 Å². The first-order chi connectivity index (χ1) is 13.2. The van der Waals surface area contributed by atoms with Gasteiger partial charge >= 0.3 is 15.5 Å². The molecule has 0 saturated carbocycles. The Balaban J connectivity index is 0.00000420. The van der Waals surface area contributed by atoms with Gasteiger partial charge < -0.3 is 10.6 Å². The molecule has 0 amide bonds. The fourth-order valence-corrected chi connectivity index (χ4v) is 4.59. The van der Waals surface area contributed by atoms with Crippen LogP contribution in [0.1, 0.15) is 36.6 Å². The molecule has 2 heterocycles. The summed E-state index contributed by atoms with van der Waals surface area (Å²) < 4.78 is 61.3. The second kappa shape index (κ2) is 11.6. The van der Waals surface area contributed by atoms with E-state index >= 15 is 0 Å². The van der Waals surface area contributed by atoms with Crippen molar-refractivity contribution in [1.29, 1.82) is 0 Å². The molecule has 168 valence electrons. The lowest BCUT2D eigenvalue weighted by molar-refractivity contribution is -0.0496. The lowest BCUT2D eigenvalue weighted by atomic mass is 9.98. The molecule has 7 nitrogen and oxygen atoms in total. The third-order valence-electron chi connectivity index (χ3n) is 4.43. The van der Waals surface area contributed by atoms with Crippen molar-refractivity contribution >= 4 is 51.3 Å². The van der Waals surface area contributed by atoms with Gasteiger partial charge in [-0.2, -0.15) is 17.5 Å². The number of aromatic nitrogens is 1. The van der Waals surface area contributed by atoms with E-state index in [9.17, 15) is 21.6 Å². The van der Waals surface area contributed by atoms with Crippen LogP contribution in [0, 0.1) is 5.92 Å². The van der Waals surface area contributed by atoms with Gasteiger partial charge in [-0.05, 0) is 32.1 Å². The molecule has 0 aromatic carbocycles. The molecule has 13 heteroatoms. The van der Waals surface area contributed by atoms with Crippen molar-refractivity contribution in [2.75, 3.05) is 26.2 Å². The maximum Gasteiger partial charge on any atom is 0.511 e. The number of aliphatic imine (C=N–C) groups is 1. The quantitative estimate of drug-likeness (QED) is 0.300. The fraction of sp³-hybridized carbons (Fsp3) is 0.750. The second-order valence-electron chi connectivity index (χ2n) is 6.44. The van der Waals surface area contributed by atoms with Crippen molar-refractivity contribution in [3.8, 4) is 0 Å². The summed E-state index contributed by atoms with van der Waals surface area (Å²) in [5, 5.41) is 7.23. The maximum absolute atomic E-state index is 12.6. The summed E-state index contributed by atoms with van der Waals surface area (Å²) in [6.45, 7) is 5.40. The highest BCUT2D eigenvalue weighted by Gasteiger charge is 2.50. The highest BCUT2D eigenvalue weighted by atomic mass is 127. The maximum atomic E-state index is 12.6. The summed E-state index contributed by atoms with van der Waals surface area (Å²) in [5.41, 5.74) is -5.24. The van der Waals surface area contributed by atoms with E-state index in [0.29, 0.717) is 42.7 Å². The van der Waals surface area contributed by atoms with Gasteiger partial charge in [-0.25, -0.2) is 18.4 Å². The molecular weight excluding hydrogens is 542 g/mol. The minimum absolute atomic E-state index is 0. The molecule has 1 aromatic rings. The van der Waals surface area contributed by atoms with Crippen molar-refractivity contribution in [2.24, 2.45) is 10.9 Å². The predicted octanol–water partition coefficient (Wildman–Crippen LogP) is 2.94. The summed E-state index contributed by atoms with van der Waals surface area (Å²) >= 11 is 1.62. The van der Waals surface area contributed by atoms with Gasteiger partial charge in [0.2, 0.25) is 0 Å². The van der Waals surface area contributed by atoms with Gasteiger partial charge in [0, 0.05) is 37.3 Å². The fourth-order valence-electron chi connectivity index (χ4n) is 2.81. The molecule has 1 aliphatic rings. The van der Waals surface area contributed by atoms with E-state index in [4.69, 9.17) is 0 Å². The van der Waals surface area contributed by atoms with Crippen molar-refractivity contribution in [3.05, 3.63) is 16.1 Å². The Morgan fingerprint density at radius 1 is 1.31 bits per heavy atom. The Morgan fingerprint density at radius 3 is 2.48 bits per heavy atom. The molecule has 0 aliphatic carbocycles. The number of guanidine groups is 1. The van der Waals surface area contributed by atoms with Crippen LogP contribution in [0.4, 0.5) is 13.2 Å². The van der Waals surface area contributed by atoms with Crippen LogP contribution in [-0.4, -0.2) is 55.4 Å². The van der Waals surface area contributed by atoms with E-state index in [1.807, 2.05) is 13.1 Å². The predicted molar refractivity (Wildman–Crippen MR) is 119 cm³/mol. The first kappa shape index (κ1) is 26.4. The number of hydrogen-bond donors (Lipinski definition) is 2. The van der Waals surface area contributed by atoms with Crippen molar-refractivity contribution < 1.29 is 21.6 Å². The van der Waals surface area contributed by atoms with Gasteiger partial charge in [0.25, 0.3) is 0 Å². The van der Waals surface area contributed by atoms with Crippen LogP contribution in [-0.2, 0) is 23.0 Å². The van der Waals surface area contributed by atoms with E-state index in [1.165, 1.54) is 4.88 Å². The second-order valence-corrected chi connectivity index (χ2v) is 9.57. The van der Waals surface area contributed by atoms with Gasteiger partial charge in [-0.1, -0.05) is 6.92 Å². The molecule has 0 spiro atoms. The first-order valence-corrected chi connectivity index (χ1v) is 11.4. The standard InChI is InChI=1S/C16H26F3N5O2S2.HI/c1-3-13-10-21-14(27-13)11-23-15(20-4-2)22-9-12-5-7-24(8-6-12)28(25,26)16(17,18)19;/h10,12H,3-9,11H2,1-2H3,(H2,20,22,23);1H. The Bertz CT molecular complexity index is 763. The van der Waals surface area contributed by atoms with Gasteiger partial charge in [0.05, 0.1) is 6.54 Å². The van der Waals surface area contributed by atoms with Crippen molar-refractivity contribution in [3.63, 3.8) is 0 Å². The highest BCUT2D eigenvalue weighted by Crippen LogP contribution is 2.30.